The molecular weight excluding hydrogens is 249 g/mol. The molecule has 0 unspecified atom stereocenters. The SMILES string of the molecule is Cc1c(F)cc(Br)c2[nH]c(=O)ccc12. The van der Waals surface area contributed by atoms with Crippen LogP contribution in [0.15, 0.2) is 27.5 Å². The van der Waals surface area contributed by atoms with Gasteiger partial charge in [0.2, 0.25) is 5.56 Å². The van der Waals surface area contributed by atoms with E-state index in [0.29, 0.717) is 15.6 Å². The van der Waals surface area contributed by atoms with Gasteiger partial charge in [-0.25, -0.2) is 4.39 Å². The molecule has 72 valence electrons. The zero-order chi connectivity index (χ0) is 10.3. The van der Waals surface area contributed by atoms with Crippen molar-refractivity contribution >= 4 is 26.8 Å². The van der Waals surface area contributed by atoms with E-state index in [1.54, 1.807) is 13.0 Å². The lowest BCUT2D eigenvalue weighted by molar-refractivity contribution is 0.620. The van der Waals surface area contributed by atoms with Crippen molar-refractivity contribution in [1.29, 1.82) is 0 Å². The monoisotopic (exact) mass is 255 g/mol. The van der Waals surface area contributed by atoms with E-state index in [4.69, 9.17) is 0 Å². The number of hydrogen-bond acceptors (Lipinski definition) is 1. The minimum atomic E-state index is -0.281. The number of nitrogens with one attached hydrogen (secondary N) is 1. The minimum Gasteiger partial charge on any atom is -0.321 e. The fourth-order valence-electron chi connectivity index (χ4n) is 1.40. The van der Waals surface area contributed by atoms with Crippen LogP contribution >= 0.6 is 15.9 Å². The first kappa shape index (κ1) is 9.40. The Bertz CT molecular complexity index is 562. The first-order chi connectivity index (χ1) is 6.59. The molecule has 14 heavy (non-hydrogen) atoms. The van der Waals surface area contributed by atoms with Gasteiger partial charge in [0.1, 0.15) is 5.82 Å². The summed E-state index contributed by atoms with van der Waals surface area (Å²) >= 11 is 3.21. The van der Waals surface area contributed by atoms with Crippen LogP contribution in [0.2, 0.25) is 0 Å². The summed E-state index contributed by atoms with van der Waals surface area (Å²) in [5.41, 5.74) is 0.986. The van der Waals surface area contributed by atoms with E-state index in [-0.39, 0.29) is 11.4 Å². The molecule has 2 rings (SSSR count). The summed E-state index contributed by atoms with van der Waals surface area (Å²) < 4.78 is 13.9. The van der Waals surface area contributed by atoms with E-state index >= 15 is 0 Å². The van der Waals surface area contributed by atoms with Gasteiger partial charge in [-0.05, 0) is 40.5 Å². The van der Waals surface area contributed by atoms with Crippen LogP contribution in [0.3, 0.4) is 0 Å². The number of hydrogen-bond donors (Lipinski definition) is 1. The van der Waals surface area contributed by atoms with Crippen molar-refractivity contribution in [3.63, 3.8) is 0 Å². The lowest BCUT2D eigenvalue weighted by Crippen LogP contribution is -2.04. The Hall–Kier alpha value is -1.16. The highest BCUT2D eigenvalue weighted by atomic mass is 79.9. The Labute approximate surface area is 87.9 Å². The molecule has 0 saturated heterocycles. The van der Waals surface area contributed by atoms with Gasteiger partial charge >= 0.3 is 0 Å². The lowest BCUT2D eigenvalue weighted by Gasteiger charge is -2.04. The van der Waals surface area contributed by atoms with Crippen LogP contribution in [0, 0.1) is 12.7 Å². The van der Waals surface area contributed by atoms with Crippen LogP contribution in [0.25, 0.3) is 10.9 Å². The predicted molar refractivity (Wildman–Crippen MR) is 57.0 cm³/mol. The van der Waals surface area contributed by atoms with Crippen LogP contribution in [0.1, 0.15) is 5.56 Å². The Morgan fingerprint density at radius 2 is 2.14 bits per heavy atom. The first-order valence-corrected chi connectivity index (χ1v) is 4.86. The fourth-order valence-corrected chi connectivity index (χ4v) is 1.91. The largest absolute Gasteiger partial charge is 0.321 e. The number of rotatable bonds is 0. The van der Waals surface area contributed by atoms with Crippen molar-refractivity contribution in [2.75, 3.05) is 0 Å². The smallest absolute Gasteiger partial charge is 0.248 e. The molecule has 0 atom stereocenters. The zero-order valence-electron chi connectivity index (χ0n) is 7.40. The second kappa shape index (κ2) is 3.20. The highest BCUT2D eigenvalue weighted by Crippen LogP contribution is 2.25. The van der Waals surface area contributed by atoms with Gasteiger partial charge in [-0.15, -0.1) is 0 Å². The zero-order valence-corrected chi connectivity index (χ0v) is 8.98. The summed E-state index contributed by atoms with van der Waals surface area (Å²) in [5, 5.41) is 0.719. The van der Waals surface area contributed by atoms with Crippen LogP contribution in [-0.4, -0.2) is 4.98 Å². The maximum Gasteiger partial charge on any atom is 0.248 e. The number of benzene rings is 1. The molecule has 1 aromatic heterocycles. The molecule has 4 heteroatoms. The fraction of sp³-hybridized carbons (Fsp3) is 0.100. The Kier molecular flexibility index (Phi) is 2.15. The van der Waals surface area contributed by atoms with Crippen LogP contribution in [0.4, 0.5) is 4.39 Å². The van der Waals surface area contributed by atoms with Crippen LogP contribution < -0.4 is 5.56 Å². The van der Waals surface area contributed by atoms with Gasteiger partial charge in [0.05, 0.1) is 5.52 Å². The molecule has 0 radical (unpaired) electrons. The van der Waals surface area contributed by atoms with Crippen molar-refractivity contribution in [3.8, 4) is 0 Å². The molecule has 0 bridgehead atoms. The molecule has 1 aromatic carbocycles. The molecule has 0 amide bonds. The number of aromatic amines is 1. The van der Waals surface area contributed by atoms with Gasteiger partial charge < -0.3 is 4.98 Å². The number of pyridine rings is 1. The summed E-state index contributed by atoms with van der Waals surface area (Å²) in [6, 6.07) is 4.37. The molecule has 0 aliphatic rings. The molecule has 1 heterocycles. The molecule has 0 aliphatic carbocycles. The van der Waals surface area contributed by atoms with Crippen LogP contribution in [-0.2, 0) is 0 Å². The second-order valence-electron chi connectivity index (χ2n) is 3.08. The molecule has 2 nitrogen and oxygen atoms in total. The van der Waals surface area contributed by atoms with E-state index in [2.05, 4.69) is 20.9 Å². The molecular formula is C10H7BrFNO. The Morgan fingerprint density at radius 3 is 2.86 bits per heavy atom. The van der Waals surface area contributed by atoms with E-state index in [9.17, 15) is 9.18 Å². The number of aromatic nitrogens is 1. The maximum atomic E-state index is 13.3. The van der Waals surface area contributed by atoms with Crippen molar-refractivity contribution in [3.05, 3.63) is 44.4 Å². The van der Waals surface area contributed by atoms with E-state index < -0.39 is 0 Å². The highest BCUT2D eigenvalue weighted by Gasteiger charge is 2.07. The maximum absolute atomic E-state index is 13.3. The normalized spacial score (nSPS) is 10.8. The highest BCUT2D eigenvalue weighted by molar-refractivity contribution is 9.10. The van der Waals surface area contributed by atoms with Gasteiger partial charge in [-0.2, -0.15) is 0 Å². The number of halogens is 2. The van der Waals surface area contributed by atoms with Gasteiger partial charge in [-0.1, -0.05) is 0 Å². The standard InChI is InChI=1S/C10H7BrFNO/c1-5-6-2-3-9(14)13-10(6)7(11)4-8(5)12/h2-4H,1H3,(H,13,14). The van der Waals surface area contributed by atoms with Crippen LogP contribution in [0.5, 0.6) is 0 Å². The number of H-pyrrole nitrogens is 1. The number of fused-ring (bicyclic) bond motifs is 1. The molecule has 0 fully saturated rings. The Balaban J connectivity index is 3.02. The van der Waals surface area contributed by atoms with Gasteiger partial charge in [0.25, 0.3) is 0 Å². The Morgan fingerprint density at radius 1 is 1.43 bits per heavy atom. The summed E-state index contributed by atoms with van der Waals surface area (Å²) in [7, 11) is 0. The van der Waals surface area contributed by atoms with E-state index in [1.165, 1.54) is 12.1 Å². The predicted octanol–water partition coefficient (Wildman–Crippen LogP) is 2.74. The summed E-state index contributed by atoms with van der Waals surface area (Å²) in [6.45, 7) is 1.68. The molecule has 1 N–H and O–H groups in total. The second-order valence-corrected chi connectivity index (χ2v) is 3.93. The summed E-state index contributed by atoms with van der Waals surface area (Å²) in [4.78, 5) is 13.7. The number of aryl methyl sites for hydroxylation is 1. The van der Waals surface area contributed by atoms with Crippen molar-refractivity contribution in [1.82, 2.24) is 4.98 Å². The summed E-state index contributed by atoms with van der Waals surface area (Å²) in [5.74, 6) is -0.281. The minimum absolute atomic E-state index is 0.191. The topological polar surface area (TPSA) is 32.9 Å². The first-order valence-electron chi connectivity index (χ1n) is 4.07. The molecule has 2 aromatic rings. The van der Waals surface area contributed by atoms with Crippen molar-refractivity contribution in [2.45, 2.75) is 6.92 Å². The van der Waals surface area contributed by atoms with E-state index in [1.807, 2.05) is 0 Å². The third-order valence-electron chi connectivity index (χ3n) is 2.17. The average molecular weight is 256 g/mol. The lowest BCUT2D eigenvalue weighted by atomic mass is 10.1. The van der Waals surface area contributed by atoms with Gasteiger partial charge in [0, 0.05) is 15.9 Å². The summed E-state index contributed by atoms with van der Waals surface area (Å²) in [6.07, 6.45) is 0. The van der Waals surface area contributed by atoms with Gasteiger partial charge in [-0.3, -0.25) is 4.79 Å². The quantitative estimate of drug-likeness (QED) is 0.772. The molecule has 0 saturated carbocycles. The third-order valence-corrected chi connectivity index (χ3v) is 2.80. The van der Waals surface area contributed by atoms with Crippen molar-refractivity contribution < 1.29 is 4.39 Å². The van der Waals surface area contributed by atoms with E-state index in [0.717, 1.165) is 5.39 Å². The molecule has 0 spiro atoms. The van der Waals surface area contributed by atoms with Crippen molar-refractivity contribution in [2.24, 2.45) is 0 Å². The van der Waals surface area contributed by atoms with Gasteiger partial charge in [0.15, 0.2) is 0 Å². The molecule has 0 aliphatic heterocycles. The third kappa shape index (κ3) is 1.35. The average Bonchev–Trinajstić information content (AvgIpc) is 2.14.